The van der Waals surface area contributed by atoms with E-state index in [1.807, 2.05) is 6.92 Å². The van der Waals surface area contributed by atoms with Crippen molar-refractivity contribution in [2.75, 3.05) is 13.2 Å². The first-order valence-corrected chi connectivity index (χ1v) is 3.88. The lowest BCUT2D eigenvalue weighted by Gasteiger charge is -2.04. The molecule has 0 amide bonds. The highest BCUT2D eigenvalue weighted by Gasteiger charge is 2.01. The monoisotopic (exact) mass is 184 g/mol. The van der Waals surface area contributed by atoms with Gasteiger partial charge >= 0.3 is 0 Å². The van der Waals surface area contributed by atoms with Gasteiger partial charge in [0.25, 0.3) is 0 Å². The van der Waals surface area contributed by atoms with Gasteiger partial charge in [-0.15, -0.1) is 11.6 Å². The number of carbonyl (C=O) groups excluding carboxylic acids is 1. The molecule has 0 rings (SSSR count). The van der Waals surface area contributed by atoms with E-state index in [0.717, 1.165) is 6.42 Å². The van der Waals surface area contributed by atoms with Crippen molar-refractivity contribution in [3.63, 3.8) is 0 Å². The van der Waals surface area contributed by atoms with Gasteiger partial charge in [0.15, 0.2) is 0 Å². The standard InChI is InChI=1S/C6H10Cl2O2/c1-2-5(7)3-10-4-6(8)9/h5H,2-4H2,1H3. The van der Waals surface area contributed by atoms with Crippen LogP contribution in [0.2, 0.25) is 0 Å². The van der Waals surface area contributed by atoms with Gasteiger partial charge in [0.2, 0.25) is 5.24 Å². The van der Waals surface area contributed by atoms with Crippen LogP contribution in [0.4, 0.5) is 0 Å². The summed E-state index contributed by atoms with van der Waals surface area (Å²) < 4.78 is 4.83. The van der Waals surface area contributed by atoms with Crippen LogP contribution in [0.25, 0.3) is 0 Å². The van der Waals surface area contributed by atoms with Crippen molar-refractivity contribution in [1.82, 2.24) is 0 Å². The third kappa shape index (κ3) is 6.33. The van der Waals surface area contributed by atoms with Gasteiger partial charge in [0, 0.05) is 0 Å². The smallest absolute Gasteiger partial charge is 0.247 e. The van der Waals surface area contributed by atoms with Crippen molar-refractivity contribution in [2.45, 2.75) is 18.7 Å². The molecule has 10 heavy (non-hydrogen) atoms. The second-order valence-corrected chi connectivity index (χ2v) is 2.91. The molecular weight excluding hydrogens is 175 g/mol. The Morgan fingerprint density at radius 2 is 2.30 bits per heavy atom. The fourth-order valence-corrected chi connectivity index (χ4v) is 0.551. The summed E-state index contributed by atoms with van der Waals surface area (Å²) in [6, 6.07) is 0. The van der Waals surface area contributed by atoms with Crippen LogP contribution in [0.15, 0.2) is 0 Å². The lowest BCUT2D eigenvalue weighted by Crippen LogP contribution is -2.11. The molecule has 0 aliphatic rings. The number of carbonyl (C=O) groups is 1. The Bertz CT molecular complexity index is 106. The fourth-order valence-electron chi connectivity index (χ4n) is 0.385. The summed E-state index contributed by atoms with van der Waals surface area (Å²) in [6.45, 7) is 2.28. The van der Waals surface area contributed by atoms with Crippen molar-refractivity contribution >= 4 is 28.4 Å². The first kappa shape index (κ1) is 10.2. The SMILES string of the molecule is CCC(Cl)COCC(=O)Cl. The lowest BCUT2D eigenvalue weighted by atomic mass is 10.3. The van der Waals surface area contributed by atoms with Crippen LogP contribution < -0.4 is 0 Å². The highest BCUT2D eigenvalue weighted by Crippen LogP contribution is 2.00. The Balaban J connectivity index is 3.11. The first-order chi connectivity index (χ1) is 4.66. The molecule has 0 heterocycles. The third-order valence-corrected chi connectivity index (χ3v) is 1.50. The van der Waals surface area contributed by atoms with Crippen molar-refractivity contribution in [2.24, 2.45) is 0 Å². The van der Waals surface area contributed by atoms with Gasteiger partial charge in [-0.1, -0.05) is 6.92 Å². The van der Waals surface area contributed by atoms with Gasteiger partial charge < -0.3 is 4.74 Å². The molecule has 0 aromatic rings. The zero-order chi connectivity index (χ0) is 7.98. The van der Waals surface area contributed by atoms with E-state index >= 15 is 0 Å². The van der Waals surface area contributed by atoms with Crippen LogP contribution >= 0.6 is 23.2 Å². The molecule has 60 valence electrons. The van der Waals surface area contributed by atoms with Crippen LogP contribution in [0.1, 0.15) is 13.3 Å². The molecule has 0 fully saturated rings. The van der Waals surface area contributed by atoms with E-state index in [0.29, 0.717) is 6.61 Å². The molecule has 0 aliphatic heterocycles. The van der Waals surface area contributed by atoms with Crippen molar-refractivity contribution in [1.29, 1.82) is 0 Å². The molecule has 0 saturated heterocycles. The van der Waals surface area contributed by atoms with Crippen molar-refractivity contribution < 1.29 is 9.53 Å². The average molecular weight is 185 g/mol. The van der Waals surface area contributed by atoms with Crippen LogP contribution in [0.5, 0.6) is 0 Å². The summed E-state index contributed by atoms with van der Waals surface area (Å²) in [7, 11) is 0. The molecule has 0 aromatic heterocycles. The van der Waals surface area contributed by atoms with Crippen molar-refractivity contribution in [3.05, 3.63) is 0 Å². The Morgan fingerprint density at radius 1 is 1.70 bits per heavy atom. The molecule has 1 atom stereocenters. The van der Waals surface area contributed by atoms with E-state index in [1.54, 1.807) is 0 Å². The zero-order valence-electron chi connectivity index (χ0n) is 5.77. The number of rotatable bonds is 5. The highest BCUT2D eigenvalue weighted by molar-refractivity contribution is 6.63. The number of ether oxygens (including phenoxy) is 1. The summed E-state index contributed by atoms with van der Waals surface area (Å²) in [5, 5.41) is -0.504. The number of alkyl halides is 1. The fraction of sp³-hybridized carbons (Fsp3) is 0.833. The van der Waals surface area contributed by atoms with Gasteiger partial charge in [-0.2, -0.15) is 0 Å². The van der Waals surface area contributed by atoms with Gasteiger partial charge in [-0.25, -0.2) is 0 Å². The zero-order valence-corrected chi connectivity index (χ0v) is 7.28. The predicted molar refractivity (Wildman–Crippen MR) is 41.6 cm³/mol. The van der Waals surface area contributed by atoms with Crippen LogP contribution in [-0.4, -0.2) is 23.8 Å². The molecule has 1 unspecified atom stereocenters. The van der Waals surface area contributed by atoms with E-state index in [1.165, 1.54) is 0 Å². The summed E-state index contributed by atoms with van der Waals surface area (Å²) in [5.74, 6) is 0. The van der Waals surface area contributed by atoms with Gasteiger partial charge in [-0.05, 0) is 18.0 Å². The van der Waals surface area contributed by atoms with E-state index < -0.39 is 5.24 Å². The van der Waals surface area contributed by atoms with Gasteiger partial charge in [0.1, 0.15) is 6.61 Å². The minimum Gasteiger partial charge on any atom is -0.371 e. The number of hydrogen-bond donors (Lipinski definition) is 0. The minimum atomic E-state index is -0.486. The summed E-state index contributed by atoms with van der Waals surface area (Å²) in [6.07, 6.45) is 0.831. The van der Waals surface area contributed by atoms with Crippen molar-refractivity contribution in [3.8, 4) is 0 Å². The van der Waals surface area contributed by atoms with Gasteiger partial charge in [-0.3, -0.25) is 4.79 Å². The van der Waals surface area contributed by atoms with Gasteiger partial charge in [0.05, 0.1) is 12.0 Å². The quantitative estimate of drug-likeness (QED) is 0.482. The third-order valence-electron chi connectivity index (χ3n) is 0.957. The molecule has 0 saturated carbocycles. The number of hydrogen-bond acceptors (Lipinski definition) is 2. The first-order valence-electron chi connectivity index (χ1n) is 3.07. The summed E-state index contributed by atoms with van der Waals surface area (Å²) >= 11 is 10.7. The predicted octanol–water partition coefficient (Wildman–Crippen LogP) is 1.79. The average Bonchev–Trinajstić information content (AvgIpc) is 1.87. The maximum absolute atomic E-state index is 10.1. The Hall–Kier alpha value is 0.210. The molecule has 0 bridgehead atoms. The molecule has 4 heteroatoms. The Kier molecular flexibility index (Phi) is 6.08. The van der Waals surface area contributed by atoms with Crippen LogP contribution in [-0.2, 0) is 9.53 Å². The van der Waals surface area contributed by atoms with E-state index in [4.69, 9.17) is 27.9 Å². The van der Waals surface area contributed by atoms with E-state index in [9.17, 15) is 4.79 Å². The molecule has 0 spiro atoms. The Morgan fingerprint density at radius 3 is 2.70 bits per heavy atom. The molecule has 0 aromatic carbocycles. The molecular formula is C6H10Cl2O2. The lowest BCUT2D eigenvalue weighted by molar-refractivity contribution is -0.115. The molecule has 0 radical (unpaired) electrons. The molecule has 0 aliphatic carbocycles. The highest BCUT2D eigenvalue weighted by atomic mass is 35.5. The van der Waals surface area contributed by atoms with Crippen LogP contribution in [0, 0.1) is 0 Å². The normalized spacial score (nSPS) is 13.1. The molecule has 0 N–H and O–H groups in total. The van der Waals surface area contributed by atoms with E-state index in [-0.39, 0.29) is 12.0 Å². The largest absolute Gasteiger partial charge is 0.371 e. The summed E-state index contributed by atoms with van der Waals surface area (Å²) in [4.78, 5) is 10.1. The Labute approximate surface area is 70.4 Å². The summed E-state index contributed by atoms with van der Waals surface area (Å²) in [5.41, 5.74) is 0. The van der Waals surface area contributed by atoms with Crippen LogP contribution in [0.3, 0.4) is 0 Å². The molecule has 2 nitrogen and oxygen atoms in total. The second kappa shape index (κ2) is 5.96. The maximum Gasteiger partial charge on any atom is 0.247 e. The minimum absolute atomic E-state index is 0.0176. The second-order valence-electron chi connectivity index (χ2n) is 1.88. The van der Waals surface area contributed by atoms with E-state index in [2.05, 4.69) is 0 Å². The maximum atomic E-state index is 10.1. The number of halogens is 2. The topological polar surface area (TPSA) is 26.3 Å².